The van der Waals surface area contributed by atoms with Gasteiger partial charge in [0.2, 0.25) is 5.91 Å². The first-order chi connectivity index (χ1) is 9.04. The van der Waals surface area contributed by atoms with Gasteiger partial charge < -0.3 is 10.6 Å². The van der Waals surface area contributed by atoms with E-state index in [9.17, 15) is 4.79 Å². The van der Waals surface area contributed by atoms with Crippen LogP contribution in [-0.2, 0) is 4.79 Å². The molecule has 1 unspecified atom stereocenters. The molecule has 0 heterocycles. The SMILES string of the molecule is CCCCCNC(=O)C(C)Nc1ccc(Cl)cc1I. The zero-order chi connectivity index (χ0) is 14.3. The number of carbonyl (C=O) groups is 1. The number of halogens is 2. The van der Waals surface area contributed by atoms with Crippen molar-refractivity contribution in [2.75, 3.05) is 11.9 Å². The number of nitrogens with one attached hydrogen (secondary N) is 2. The van der Waals surface area contributed by atoms with Crippen LogP contribution in [0.15, 0.2) is 18.2 Å². The van der Waals surface area contributed by atoms with Gasteiger partial charge in [0.25, 0.3) is 0 Å². The molecule has 0 radical (unpaired) electrons. The summed E-state index contributed by atoms with van der Waals surface area (Å²) >= 11 is 8.11. The number of hydrogen-bond donors (Lipinski definition) is 2. The third-order valence-electron chi connectivity index (χ3n) is 2.78. The van der Waals surface area contributed by atoms with Gasteiger partial charge in [0.15, 0.2) is 0 Å². The molecule has 1 aromatic carbocycles. The summed E-state index contributed by atoms with van der Waals surface area (Å²) < 4.78 is 1.01. The van der Waals surface area contributed by atoms with Gasteiger partial charge in [0.05, 0.1) is 0 Å². The van der Waals surface area contributed by atoms with Gasteiger partial charge in [0.1, 0.15) is 6.04 Å². The Labute approximate surface area is 133 Å². The van der Waals surface area contributed by atoms with Crippen molar-refractivity contribution in [2.24, 2.45) is 0 Å². The summed E-state index contributed by atoms with van der Waals surface area (Å²) in [5, 5.41) is 6.84. The third-order valence-corrected chi connectivity index (χ3v) is 3.90. The van der Waals surface area contributed by atoms with Gasteiger partial charge >= 0.3 is 0 Å². The first-order valence-electron chi connectivity index (χ1n) is 6.54. The minimum atomic E-state index is -0.253. The van der Waals surface area contributed by atoms with Crippen LogP contribution in [0.1, 0.15) is 33.1 Å². The second-order valence-electron chi connectivity index (χ2n) is 4.49. The molecule has 0 bridgehead atoms. The maximum atomic E-state index is 11.9. The van der Waals surface area contributed by atoms with Crippen molar-refractivity contribution in [3.05, 3.63) is 26.8 Å². The number of carbonyl (C=O) groups excluding carboxylic acids is 1. The fraction of sp³-hybridized carbons (Fsp3) is 0.500. The van der Waals surface area contributed by atoms with Crippen LogP contribution in [0.3, 0.4) is 0 Å². The van der Waals surface area contributed by atoms with Crippen molar-refractivity contribution in [3.63, 3.8) is 0 Å². The highest BCUT2D eigenvalue weighted by atomic mass is 127. The lowest BCUT2D eigenvalue weighted by Crippen LogP contribution is -2.38. The fourth-order valence-electron chi connectivity index (χ4n) is 1.65. The topological polar surface area (TPSA) is 41.1 Å². The van der Waals surface area contributed by atoms with Gasteiger partial charge in [-0.3, -0.25) is 4.79 Å². The van der Waals surface area contributed by atoms with E-state index in [1.165, 1.54) is 0 Å². The summed E-state index contributed by atoms with van der Waals surface area (Å²) in [4.78, 5) is 11.9. The highest BCUT2D eigenvalue weighted by molar-refractivity contribution is 14.1. The lowest BCUT2D eigenvalue weighted by atomic mass is 10.2. The Balaban J connectivity index is 2.45. The third kappa shape index (κ3) is 5.99. The van der Waals surface area contributed by atoms with E-state index in [0.29, 0.717) is 5.02 Å². The van der Waals surface area contributed by atoms with Gasteiger partial charge in [-0.1, -0.05) is 31.4 Å². The van der Waals surface area contributed by atoms with Gasteiger partial charge in [-0.25, -0.2) is 0 Å². The van der Waals surface area contributed by atoms with Crippen LogP contribution in [0.25, 0.3) is 0 Å². The van der Waals surface area contributed by atoms with Crippen LogP contribution >= 0.6 is 34.2 Å². The minimum absolute atomic E-state index is 0.0295. The van der Waals surface area contributed by atoms with Gasteiger partial charge in [-0.2, -0.15) is 0 Å². The molecule has 1 amide bonds. The first-order valence-corrected chi connectivity index (χ1v) is 7.99. The highest BCUT2D eigenvalue weighted by Gasteiger charge is 2.13. The summed E-state index contributed by atoms with van der Waals surface area (Å²) in [5.41, 5.74) is 0.932. The average Bonchev–Trinajstić information content (AvgIpc) is 2.37. The second kappa shape index (κ2) is 8.64. The van der Waals surface area contributed by atoms with E-state index in [0.717, 1.165) is 35.1 Å². The van der Waals surface area contributed by atoms with Crippen LogP contribution in [0.5, 0.6) is 0 Å². The van der Waals surface area contributed by atoms with Crippen molar-refractivity contribution < 1.29 is 4.79 Å². The zero-order valence-corrected chi connectivity index (χ0v) is 14.2. The number of unbranched alkanes of at least 4 members (excludes halogenated alkanes) is 2. The maximum absolute atomic E-state index is 11.9. The molecule has 0 aromatic heterocycles. The van der Waals surface area contributed by atoms with Crippen LogP contribution in [0.2, 0.25) is 5.02 Å². The molecule has 3 nitrogen and oxygen atoms in total. The number of amides is 1. The molecule has 0 aliphatic carbocycles. The Kier molecular flexibility index (Phi) is 7.53. The number of anilines is 1. The lowest BCUT2D eigenvalue weighted by Gasteiger charge is -2.16. The quantitative estimate of drug-likeness (QED) is 0.541. The van der Waals surface area contributed by atoms with E-state index >= 15 is 0 Å². The zero-order valence-electron chi connectivity index (χ0n) is 11.3. The monoisotopic (exact) mass is 394 g/mol. The molecule has 1 aromatic rings. The fourth-order valence-corrected chi connectivity index (χ4v) is 2.67. The molecular formula is C14H20ClIN2O. The van der Waals surface area contributed by atoms with Crippen molar-refractivity contribution in [1.82, 2.24) is 5.32 Å². The van der Waals surface area contributed by atoms with E-state index < -0.39 is 0 Å². The van der Waals surface area contributed by atoms with Crippen molar-refractivity contribution in [1.29, 1.82) is 0 Å². The van der Waals surface area contributed by atoms with Crippen molar-refractivity contribution in [3.8, 4) is 0 Å². The number of hydrogen-bond acceptors (Lipinski definition) is 2. The lowest BCUT2D eigenvalue weighted by molar-refractivity contribution is -0.121. The van der Waals surface area contributed by atoms with E-state index in [2.05, 4.69) is 40.1 Å². The number of benzene rings is 1. The highest BCUT2D eigenvalue weighted by Crippen LogP contribution is 2.22. The molecule has 0 spiro atoms. The minimum Gasteiger partial charge on any atom is -0.373 e. The molecule has 0 aliphatic rings. The standard InChI is InChI=1S/C14H20ClIN2O/c1-3-4-5-8-17-14(19)10(2)18-13-7-6-11(15)9-12(13)16/h6-7,9-10,18H,3-5,8H2,1-2H3,(H,17,19). The summed E-state index contributed by atoms with van der Waals surface area (Å²) in [5.74, 6) is 0.0295. The summed E-state index contributed by atoms with van der Waals surface area (Å²) in [6.07, 6.45) is 3.34. The van der Waals surface area contributed by atoms with Crippen molar-refractivity contribution in [2.45, 2.75) is 39.2 Å². The van der Waals surface area contributed by atoms with Gasteiger partial charge in [-0.15, -0.1) is 0 Å². The first kappa shape index (κ1) is 16.6. The molecule has 106 valence electrons. The predicted octanol–water partition coefficient (Wildman–Crippen LogP) is 4.05. The van der Waals surface area contributed by atoms with E-state index in [4.69, 9.17) is 11.6 Å². The number of rotatable bonds is 7. The molecule has 2 N–H and O–H groups in total. The van der Waals surface area contributed by atoms with Gasteiger partial charge in [-0.05, 0) is 54.1 Å². The molecular weight excluding hydrogens is 375 g/mol. The smallest absolute Gasteiger partial charge is 0.242 e. The Bertz CT molecular complexity index is 426. The Morgan fingerprint density at radius 2 is 2.16 bits per heavy atom. The molecule has 0 aliphatic heterocycles. The van der Waals surface area contributed by atoms with E-state index in [1.54, 1.807) is 0 Å². The van der Waals surface area contributed by atoms with Crippen LogP contribution in [0, 0.1) is 3.57 Å². The van der Waals surface area contributed by atoms with E-state index in [1.807, 2.05) is 25.1 Å². The molecule has 0 fully saturated rings. The molecule has 5 heteroatoms. The summed E-state index contributed by atoms with van der Waals surface area (Å²) in [6.45, 7) is 4.75. The van der Waals surface area contributed by atoms with Gasteiger partial charge in [0, 0.05) is 20.8 Å². The Hall–Kier alpha value is -0.490. The average molecular weight is 395 g/mol. The summed E-state index contributed by atoms with van der Waals surface area (Å²) in [7, 11) is 0. The van der Waals surface area contributed by atoms with E-state index in [-0.39, 0.29) is 11.9 Å². The maximum Gasteiger partial charge on any atom is 0.242 e. The molecule has 0 saturated carbocycles. The predicted molar refractivity (Wildman–Crippen MR) is 89.8 cm³/mol. The van der Waals surface area contributed by atoms with Crippen molar-refractivity contribution >= 4 is 45.8 Å². The Morgan fingerprint density at radius 3 is 2.79 bits per heavy atom. The van der Waals surface area contributed by atoms with Crippen LogP contribution in [0.4, 0.5) is 5.69 Å². The molecule has 1 atom stereocenters. The van der Waals surface area contributed by atoms with Crippen LogP contribution in [-0.4, -0.2) is 18.5 Å². The normalized spacial score (nSPS) is 12.0. The largest absolute Gasteiger partial charge is 0.373 e. The summed E-state index contributed by atoms with van der Waals surface area (Å²) in [6, 6.07) is 5.33. The molecule has 0 saturated heterocycles. The Morgan fingerprint density at radius 1 is 1.42 bits per heavy atom. The van der Waals surface area contributed by atoms with Crippen LogP contribution < -0.4 is 10.6 Å². The second-order valence-corrected chi connectivity index (χ2v) is 6.09. The molecule has 1 rings (SSSR count). The molecule has 19 heavy (non-hydrogen) atoms.